The van der Waals surface area contributed by atoms with E-state index >= 15 is 0 Å². The standard InChI is InChI=1S/C13H13ClN2O2/c14-11-4-3-5-12(10(11)8-15)18-9-13(17)16-6-1-2-7-16/h3-5H,1-2,6-7,9H2. The highest BCUT2D eigenvalue weighted by Crippen LogP contribution is 2.25. The SMILES string of the molecule is N#Cc1c(Cl)cccc1OCC(=O)N1CCCC1. The first kappa shape index (κ1) is 12.7. The van der Waals surface area contributed by atoms with E-state index in [-0.39, 0.29) is 18.1 Å². The summed E-state index contributed by atoms with van der Waals surface area (Å²) in [6.07, 6.45) is 2.10. The molecule has 1 fully saturated rings. The maximum Gasteiger partial charge on any atom is 0.260 e. The van der Waals surface area contributed by atoms with Crippen LogP contribution in [0.4, 0.5) is 0 Å². The Morgan fingerprint density at radius 2 is 2.17 bits per heavy atom. The summed E-state index contributed by atoms with van der Waals surface area (Å²) in [5.41, 5.74) is 0.272. The predicted octanol–water partition coefficient (Wildman–Crippen LogP) is 2.21. The van der Waals surface area contributed by atoms with Gasteiger partial charge in [-0.1, -0.05) is 17.7 Å². The van der Waals surface area contributed by atoms with Crippen LogP contribution in [0.15, 0.2) is 18.2 Å². The Balaban J connectivity index is 2.00. The number of halogens is 1. The van der Waals surface area contributed by atoms with Gasteiger partial charge >= 0.3 is 0 Å². The van der Waals surface area contributed by atoms with Gasteiger partial charge in [-0.15, -0.1) is 0 Å². The second-order valence-electron chi connectivity index (χ2n) is 4.10. The van der Waals surface area contributed by atoms with Crippen LogP contribution in [0.3, 0.4) is 0 Å². The Morgan fingerprint density at radius 1 is 1.44 bits per heavy atom. The lowest BCUT2D eigenvalue weighted by molar-refractivity contribution is -0.132. The van der Waals surface area contributed by atoms with Gasteiger partial charge in [0, 0.05) is 13.1 Å². The van der Waals surface area contributed by atoms with Gasteiger partial charge in [0.1, 0.15) is 17.4 Å². The van der Waals surface area contributed by atoms with Crippen molar-refractivity contribution in [3.8, 4) is 11.8 Å². The van der Waals surface area contributed by atoms with Gasteiger partial charge in [0.2, 0.25) is 0 Å². The number of hydrogen-bond donors (Lipinski definition) is 0. The Hall–Kier alpha value is -1.73. The van der Waals surface area contributed by atoms with Gasteiger partial charge in [0.15, 0.2) is 6.61 Å². The van der Waals surface area contributed by atoms with E-state index in [2.05, 4.69) is 0 Å². The summed E-state index contributed by atoms with van der Waals surface area (Å²) in [6, 6.07) is 6.93. The topological polar surface area (TPSA) is 53.3 Å². The van der Waals surface area contributed by atoms with Crippen molar-refractivity contribution in [1.29, 1.82) is 5.26 Å². The molecule has 1 heterocycles. The van der Waals surface area contributed by atoms with Crippen LogP contribution in [-0.4, -0.2) is 30.5 Å². The molecule has 0 saturated carbocycles. The van der Waals surface area contributed by atoms with E-state index in [1.165, 1.54) is 0 Å². The van der Waals surface area contributed by atoms with Crippen molar-refractivity contribution in [3.63, 3.8) is 0 Å². The predicted molar refractivity (Wildman–Crippen MR) is 67.5 cm³/mol. The Bertz CT molecular complexity index is 490. The number of ether oxygens (including phenoxy) is 1. The molecule has 0 atom stereocenters. The minimum Gasteiger partial charge on any atom is -0.482 e. The van der Waals surface area contributed by atoms with Crippen molar-refractivity contribution in [3.05, 3.63) is 28.8 Å². The Labute approximate surface area is 111 Å². The quantitative estimate of drug-likeness (QED) is 0.841. The fraction of sp³-hybridized carbons (Fsp3) is 0.385. The lowest BCUT2D eigenvalue weighted by Gasteiger charge is -2.16. The molecular formula is C13H13ClN2O2. The normalized spacial score (nSPS) is 14.3. The third kappa shape index (κ3) is 2.74. The lowest BCUT2D eigenvalue weighted by atomic mass is 10.2. The summed E-state index contributed by atoms with van der Waals surface area (Å²) in [5, 5.41) is 9.30. The summed E-state index contributed by atoms with van der Waals surface area (Å²) in [5.74, 6) is 0.314. The highest BCUT2D eigenvalue weighted by Gasteiger charge is 2.18. The van der Waals surface area contributed by atoms with Crippen LogP contribution in [0, 0.1) is 11.3 Å². The molecule has 18 heavy (non-hydrogen) atoms. The van der Waals surface area contributed by atoms with Crippen molar-refractivity contribution in [2.45, 2.75) is 12.8 Å². The highest BCUT2D eigenvalue weighted by atomic mass is 35.5. The molecule has 2 rings (SSSR count). The molecule has 1 aromatic rings. The zero-order valence-corrected chi connectivity index (χ0v) is 10.6. The molecule has 1 aliphatic rings. The van der Waals surface area contributed by atoms with Crippen LogP contribution in [0.25, 0.3) is 0 Å². The first-order chi connectivity index (χ1) is 8.72. The number of hydrogen-bond acceptors (Lipinski definition) is 3. The van der Waals surface area contributed by atoms with Crippen LogP contribution in [0.5, 0.6) is 5.75 Å². The minimum absolute atomic E-state index is 0.0450. The van der Waals surface area contributed by atoms with Gasteiger partial charge in [-0.2, -0.15) is 5.26 Å². The van der Waals surface area contributed by atoms with Crippen LogP contribution >= 0.6 is 11.6 Å². The van der Waals surface area contributed by atoms with E-state index in [0.29, 0.717) is 10.8 Å². The van der Waals surface area contributed by atoms with Gasteiger partial charge in [-0.3, -0.25) is 4.79 Å². The second-order valence-corrected chi connectivity index (χ2v) is 4.51. The smallest absolute Gasteiger partial charge is 0.260 e. The van der Waals surface area contributed by atoms with E-state index in [4.69, 9.17) is 21.6 Å². The van der Waals surface area contributed by atoms with Crippen LogP contribution in [0.2, 0.25) is 5.02 Å². The molecule has 0 spiro atoms. The molecule has 0 aliphatic carbocycles. The Morgan fingerprint density at radius 3 is 2.83 bits per heavy atom. The molecule has 0 radical (unpaired) electrons. The van der Waals surface area contributed by atoms with Crippen LogP contribution in [0.1, 0.15) is 18.4 Å². The van der Waals surface area contributed by atoms with Crippen molar-refractivity contribution >= 4 is 17.5 Å². The van der Waals surface area contributed by atoms with Gasteiger partial charge in [-0.05, 0) is 25.0 Å². The van der Waals surface area contributed by atoms with Crippen LogP contribution in [-0.2, 0) is 4.79 Å². The van der Waals surface area contributed by atoms with Crippen LogP contribution < -0.4 is 4.74 Å². The molecular weight excluding hydrogens is 252 g/mol. The number of carbonyl (C=O) groups excluding carboxylic acids is 1. The molecule has 94 valence electrons. The number of amides is 1. The molecule has 5 heteroatoms. The third-order valence-corrected chi connectivity index (χ3v) is 3.21. The summed E-state index contributed by atoms with van der Waals surface area (Å²) in [7, 11) is 0. The molecule has 4 nitrogen and oxygen atoms in total. The lowest BCUT2D eigenvalue weighted by Crippen LogP contribution is -2.32. The number of likely N-dealkylation sites (tertiary alicyclic amines) is 1. The fourth-order valence-electron chi connectivity index (χ4n) is 1.93. The first-order valence-electron chi connectivity index (χ1n) is 5.81. The van der Waals surface area contributed by atoms with Crippen molar-refractivity contribution in [2.75, 3.05) is 19.7 Å². The summed E-state index contributed by atoms with van der Waals surface area (Å²) < 4.78 is 5.38. The molecule has 0 unspecified atom stereocenters. The number of nitrogens with zero attached hydrogens (tertiary/aromatic N) is 2. The number of carbonyl (C=O) groups is 1. The van der Waals surface area contributed by atoms with Gasteiger partial charge < -0.3 is 9.64 Å². The van der Waals surface area contributed by atoms with E-state index < -0.39 is 0 Å². The number of nitriles is 1. The minimum atomic E-state index is -0.0466. The maximum absolute atomic E-state index is 11.8. The molecule has 1 aliphatic heterocycles. The molecule has 1 saturated heterocycles. The van der Waals surface area contributed by atoms with E-state index in [1.54, 1.807) is 23.1 Å². The Kier molecular flexibility index (Phi) is 4.06. The third-order valence-electron chi connectivity index (χ3n) is 2.90. The summed E-state index contributed by atoms with van der Waals surface area (Å²) in [4.78, 5) is 13.6. The number of benzene rings is 1. The molecule has 1 aromatic carbocycles. The highest BCUT2D eigenvalue weighted by molar-refractivity contribution is 6.31. The van der Waals surface area contributed by atoms with Crippen molar-refractivity contribution in [1.82, 2.24) is 4.90 Å². The van der Waals surface area contributed by atoms with E-state index in [0.717, 1.165) is 25.9 Å². The fourth-order valence-corrected chi connectivity index (χ4v) is 2.14. The van der Waals surface area contributed by atoms with Gasteiger partial charge in [0.25, 0.3) is 5.91 Å². The molecule has 0 bridgehead atoms. The average Bonchev–Trinajstić information content (AvgIpc) is 2.90. The summed E-state index contributed by atoms with van der Waals surface area (Å²) >= 11 is 5.87. The summed E-state index contributed by atoms with van der Waals surface area (Å²) in [6.45, 7) is 1.54. The van der Waals surface area contributed by atoms with Crippen molar-refractivity contribution in [2.24, 2.45) is 0 Å². The average molecular weight is 265 g/mol. The van der Waals surface area contributed by atoms with Gasteiger partial charge in [0.05, 0.1) is 5.02 Å². The van der Waals surface area contributed by atoms with Gasteiger partial charge in [-0.25, -0.2) is 0 Å². The second kappa shape index (κ2) is 5.74. The maximum atomic E-state index is 11.8. The largest absolute Gasteiger partial charge is 0.482 e. The molecule has 1 amide bonds. The van der Waals surface area contributed by atoms with E-state index in [9.17, 15) is 4.79 Å². The van der Waals surface area contributed by atoms with Crippen molar-refractivity contribution < 1.29 is 9.53 Å². The zero-order valence-electron chi connectivity index (χ0n) is 9.86. The molecule has 0 aromatic heterocycles. The zero-order chi connectivity index (χ0) is 13.0. The molecule has 0 N–H and O–H groups in total. The monoisotopic (exact) mass is 264 g/mol. The van der Waals surface area contributed by atoms with E-state index in [1.807, 2.05) is 6.07 Å². The first-order valence-corrected chi connectivity index (χ1v) is 6.19. The number of rotatable bonds is 3.